The van der Waals surface area contributed by atoms with Crippen LogP contribution in [-0.4, -0.2) is 112 Å². The molecule has 89 heavy (non-hydrogen) atoms. The molecule has 7 aromatic carbocycles. The van der Waals surface area contributed by atoms with Crippen LogP contribution in [-0.2, 0) is 40.6 Å². The molecule has 3 amide bonds. The molecule has 10 rings (SSSR count). The quantitative estimate of drug-likeness (QED) is 0.0587. The molecule has 0 spiro atoms. The molecule has 0 saturated carbocycles. The second-order valence-electron chi connectivity index (χ2n) is 24.3. The summed E-state index contributed by atoms with van der Waals surface area (Å²) in [4.78, 5) is 38.9. The minimum absolute atomic E-state index is 0.0783. The smallest absolute Gasteiger partial charge is 0.248 e. The molecule has 3 aliphatic rings. The lowest BCUT2D eigenvalue weighted by Gasteiger charge is -2.43. The number of likely N-dealkylation sites (N-methyl/N-ethyl adjacent to an activating group) is 1. The lowest BCUT2D eigenvalue weighted by Crippen LogP contribution is -2.56. The number of hydrogen-bond acceptors (Lipinski definition) is 5. The van der Waals surface area contributed by atoms with Crippen LogP contribution in [0.1, 0.15) is 77.5 Å². The number of piperidine rings is 2. The number of quaternary nitrogens is 3. The topological polar surface area (TPSA) is 99.8 Å². The number of nitrogens with one attached hydrogen (secondary N) is 3. The summed E-state index contributed by atoms with van der Waals surface area (Å²) in [6, 6.07) is 51.5. The molecule has 466 valence electrons. The molecular formula is C73H83BrCl4N7O4+3. The lowest BCUT2D eigenvalue weighted by molar-refractivity contribution is -0.926. The zero-order valence-electron chi connectivity index (χ0n) is 51.5. The third kappa shape index (κ3) is 22.3. The summed E-state index contributed by atoms with van der Waals surface area (Å²) >= 11 is 27.3. The summed E-state index contributed by atoms with van der Waals surface area (Å²) in [6.07, 6.45) is 17.9. The maximum absolute atomic E-state index is 12.3. The van der Waals surface area contributed by atoms with Gasteiger partial charge in [-0.05, 0) is 152 Å². The highest BCUT2D eigenvalue weighted by Crippen LogP contribution is 2.31. The van der Waals surface area contributed by atoms with Gasteiger partial charge >= 0.3 is 0 Å². The molecule has 0 atom stereocenters. The fourth-order valence-corrected chi connectivity index (χ4v) is 12.6. The number of methoxy groups -OCH3 is 1. The van der Waals surface area contributed by atoms with E-state index in [9.17, 15) is 14.4 Å². The van der Waals surface area contributed by atoms with Crippen LogP contribution in [0.4, 0.5) is 17.1 Å². The van der Waals surface area contributed by atoms with Crippen molar-refractivity contribution in [2.45, 2.75) is 64.7 Å². The average Bonchev–Trinajstić information content (AvgIpc) is 2.66. The van der Waals surface area contributed by atoms with Crippen molar-refractivity contribution in [2.24, 2.45) is 0 Å². The van der Waals surface area contributed by atoms with Gasteiger partial charge in [0.25, 0.3) is 0 Å². The molecule has 3 fully saturated rings. The number of halogens is 5. The number of anilines is 3. The largest absolute Gasteiger partial charge is 0.495 e. The van der Waals surface area contributed by atoms with E-state index in [0.29, 0.717) is 26.6 Å². The van der Waals surface area contributed by atoms with Gasteiger partial charge in [-0.3, -0.25) is 14.4 Å². The number of benzene rings is 7. The summed E-state index contributed by atoms with van der Waals surface area (Å²) in [5.41, 5.74) is 10.4. The third-order valence-corrected chi connectivity index (χ3v) is 18.7. The van der Waals surface area contributed by atoms with Gasteiger partial charge in [0.2, 0.25) is 17.7 Å². The van der Waals surface area contributed by atoms with Crippen molar-refractivity contribution in [2.75, 3.05) is 96.1 Å². The Bertz CT molecular complexity index is 3560. The van der Waals surface area contributed by atoms with Crippen LogP contribution in [0.3, 0.4) is 0 Å². The van der Waals surface area contributed by atoms with E-state index in [1.54, 1.807) is 49.6 Å². The van der Waals surface area contributed by atoms with Crippen LogP contribution < -0.4 is 25.6 Å². The monoisotopic (exact) mass is 1340 g/mol. The number of ether oxygens (including phenoxy) is 1. The Morgan fingerprint density at radius 2 is 0.888 bits per heavy atom. The molecule has 0 aliphatic carbocycles. The van der Waals surface area contributed by atoms with Gasteiger partial charge in [0.15, 0.2) is 0 Å². The zero-order chi connectivity index (χ0) is 63.2. The van der Waals surface area contributed by atoms with E-state index in [-0.39, 0.29) is 17.7 Å². The lowest BCUT2D eigenvalue weighted by atomic mass is 10.1. The zero-order valence-corrected chi connectivity index (χ0v) is 56.1. The first-order chi connectivity index (χ1) is 42.8. The normalized spacial score (nSPS) is 15.9. The minimum Gasteiger partial charge on any atom is -0.495 e. The molecule has 0 bridgehead atoms. The molecular weight excluding hydrogens is 1260 g/mol. The van der Waals surface area contributed by atoms with Crippen LogP contribution in [0, 0.1) is 0 Å². The van der Waals surface area contributed by atoms with E-state index in [2.05, 4.69) is 119 Å². The Kier molecular flexibility index (Phi) is 25.6. The number of carbonyl (C=O) groups excluding carboxylic acids is 3. The summed E-state index contributed by atoms with van der Waals surface area (Å²) in [5.74, 6) is 0.470. The van der Waals surface area contributed by atoms with Gasteiger partial charge in [-0.15, -0.1) is 0 Å². The summed E-state index contributed by atoms with van der Waals surface area (Å²) in [6.45, 7) is 12.8. The summed E-state index contributed by atoms with van der Waals surface area (Å²) in [7, 11) is 8.73. The molecule has 3 saturated heterocycles. The van der Waals surface area contributed by atoms with Gasteiger partial charge < -0.3 is 39.0 Å². The molecule has 11 nitrogen and oxygen atoms in total. The Hall–Kier alpha value is -6.71. The predicted molar refractivity (Wildman–Crippen MR) is 374 cm³/mol. The van der Waals surface area contributed by atoms with Crippen LogP contribution in [0.15, 0.2) is 180 Å². The highest BCUT2D eigenvalue weighted by atomic mass is 79.9. The highest BCUT2D eigenvalue weighted by Gasteiger charge is 2.31. The first kappa shape index (κ1) is 68.2. The standard InChI is InChI=1S/C28H29Cl2N3O2.C23H27BrN2O.C22H24Cl2N2O/c1-33(17-15-32(16-18-33)26-5-3-4-6-27(26)35-2)20-22-7-11-23(12-8-22)31-28(34)14-10-21-9-13-24(29)25(30)19-21;1-26(14-3-2-4-15-26)18-21-10-8-20(9-11-21)17-25-23(27)13-12-19-6-5-7-22(24)16-19;1-26(13-3-2-4-14-26)16-18-5-9-19(10-6-18)25-22(27)12-8-17-7-11-20(23)21(24)15-17/h3-14,19H,15-18,20H2,1-2H3;5-13,16H,2-4,14-15,17-18H2,1H3;5-12,15H,2-4,13-14,16H2,1H3/p+3/b14-10+;13-12+;12-8+. The van der Waals surface area contributed by atoms with Gasteiger partial charge in [0.1, 0.15) is 25.4 Å². The first-order valence-corrected chi connectivity index (χ1v) is 32.9. The van der Waals surface area contributed by atoms with Crippen LogP contribution >= 0.6 is 62.3 Å². The van der Waals surface area contributed by atoms with E-state index in [0.717, 1.165) is 109 Å². The number of carbonyl (C=O) groups is 3. The molecule has 3 heterocycles. The van der Waals surface area contributed by atoms with E-state index >= 15 is 0 Å². The Morgan fingerprint density at radius 1 is 0.472 bits per heavy atom. The maximum Gasteiger partial charge on any atom is 0.248 e. The molecule has 16 heteroatoms. The van der Waals surface area contributed by atoms with Crippen molar-refractivity contribution < 1.29 is 32.6 Å². The second kappa shape index (κ2) is 33.4. The van der Waals surface area contributed by atoms with Gasteiger partial charge in [-0.25, -0.2) is 0 Å². The van der Waals surface area contributed by atoms with Crippen LogP contribution in [0.5, 0.6) is 5.75 Å². The van der Waals surface area contributed by atoms with E-state index in [1.165, 1.54) is 93.5 Å². The number of piperazine rings is 1. The molecule has 3 aliphatic heterocycles. The third-order valence-electron chi connectivity index (χ3n) is 16.7. The predicted octanol–water partition coefficient (Wildman–Crippen LogP) is 16.8. The van der Waals surface area contributed by atoms with Crippen LogP contribution in [0.2, 0.25) is 20.1 Å². The van der Waals surface area contributed by atoms with Crippen molar-refractivity contribution in [1.29, 1.82) is 0 Å². The second-order valence-corrected chi connectivity index (χ2v) is 26.8. The number of nitrogens with zero attached hydrogens (tertiary/aromatic N) is 4. The fourth-order valence-electron chi connectivity index (χ4n) is 11.6. The number of hydrogen-bond donors (Lipinski definition) is 3. The van der Waals surface area contributed by atoms with E-state index < -0.39 is 0 Å². The molecule has 3 N–H and O–H groups in total. The first-order valence-electron chi connectivity index (χ1n) is 30.6. The SMILES string of the molecule is COc1ccccc1N1CC[N+](C)(Cc2ccc(NC(=O)/C=C/c3ccc(Cl)c(Cl)c3)cc2)CC1.C[N+]1(Cc2ccc(CNC(=O)/C=C/c3cccc(Br)c3)cc2)CCCCC1.C[N+]1(Cc2ccc(NC(=O)/C=C/c3ccc(Cl)c(Cl)c3)cc2)CCCCC1. The Morgan fingerprint density at radius 3 is 1.34 bits per heavy atom. The summed E-state index contributed by atoms with van der Waals surface area (Å²) in [5, 5.41) is 10.7. The van der Waals surface area contributed by atoms with Crippen molar-refractivity contribution in [3.05, 3.63) is 239 Å². The Labute approximate surface area is 555 Å². The van der Waals surface area contributed by atoms with Crippen molar-refractivity contribution >= 4 is 115 Å². The molecule has 7 aromatic rings. The van der Waals surface area contributed by atoms with E-state index in [1.807, 2.05) is 78.9 Å². The van der Waals surface area contributed by atoms with E-state index in [4.69, 9.17) is 51.1 Å². The Balaban J connectivity index is 0.000000175. The number of amides is 3. The number of para-hydroxylation sites is 2. The van der Waals surface area contributed by atoms with Gasteiger partial charge in [0.05, 0.1) is 106 Å². The highest BCUT2D eigenvalue weighted by molar-refractivity contribution is 9.10. The van der Waals surface area contributed by atoms with Crippen molar-refractivity contribution in [3.63, 3.8) is 0 Å². The van der Waals surface area contributed by atoms with Gasteiger partial charge in [-0.1, -0.05) is 147 Å². The van der Waals surface area contributed by atoms with Gasteiger partial charge in [-0.2, -0.15) is 0 Å². The fraction of sp³-hybridized carbons (Fsp3) is 0.301. The van der Waals surface area contributed by atoms with Crippen molar-refractivity contribution in [1.82, 2.24) is 5.32 Å². The maximum atomic E-state index is 12.3. The number of rotatable bonds is 18. The van der Waals surface area contributed by atoms with Gasteiger partial charge in [0, 0.05) is 57.3 Å². The molecule has 0 radical (unpaired) electrons. The summed E-state index contributed by atoms with van der Waals surface area (Å²) < 4.78 is 9.78. The number of likely N-dealkylation sites (tertiary alicyclic amines) is 2. The molecule has 0 aromatic heterocycles. The average molecular weight is 1340 g/mol. The molecule has 0 unspecified atom stereocenters. The van der Waals surface area contributed by atoms with Crippen molar-refractivity contribution in [3.8, 4) is 5.75 Å². The van der Waals surface area contributed by atoms with Crippen LogP contribution in [0.25, 0.3) is 18.2 Å². The minimum atomic E-state index is -0.199.